The van der Waals surface area contributed by atoms with Crippen molar-refractivity contribution >= 4 is 22.5 Å². The number of nitrogens with zero attached hydrogens (tertiary/aromatic N) is 4. The Kier molecular flexibility index (Phi) is 6.41. The number of rotatable bonds is 4. The Morgan fingerprint density at radius 2 is 1.89 bits per heavy atom. The van der Waals surface area contributed by atoms with Crippen molar-refractivity contribution in [2.24, 2.45) is 0 Å². The van der Waals surface area contributed by atoms with Gasteiger partial charge in [-0.25, -0.2) is 9.18 Å². The lowest BCUT2D eigenvalue weighted by Gasteiger charge is -2.33. The summed E-state index contributed by atoms with van der Waals surface area (Å²) in [5.74, 6) is -1.29. The van der Waals surface area contributed by atoms with Gasteiger partial charge in [0, 0.05) is 58.6 Å². The van der Waals surface area contributed by atoms with Crippen molar-refractivity contribution in [2.75, 3.05) is 36.1 Å². The highest BCUT2D eigenvalue weighted by Gasteiger charge is 2.38. The van der Waals surface area contributed by atoms with Crippen LogP contribution in [0.5, 0.6) is 5.75 Å². The van der Waals surface area contributed by atoms with Gasteiger partial charge in [0.05, 0.1) is 13.2 Å². The Morgan fingerprint density at radius 1 is 1.11 bits per heavy atom. The van der Waals surface area contributed by atoms with Crippen LogP contribution in [0.3, 0.4) is 0 Å². The molecule has 1 saturated heterocycles. The van der Waals surface area contributed by atoms with Crippen LogP contribution >= 0.6 is 0 Å². The Bertz CT molecular complexity index is 1320. The molecule has 8 nitrogen and oxygen atoms in total. The van der Waals surface area contributed by atoms with Crippen LogP contribution in [-0.4, -0.2) is 56.5 Å². The largest absolute Gasteiger partial charge is 0.493 e. The maximum atomic E-state index is 15.1. The van der Waals surface area contributed by atoms with Crippen LogP contribution in [0.25, 0.3) is 11.5 Å². The van der Waals surface area contributed by atoms with Crippen LogP contribution in [0.15, 0.2) is 40.8 Å². The number of halogens is 4. The van der Waals surface area contributed by atoms with Gasteiger partial charge in [0.15, 0.2) is 0 Å². The number of carbonyl (C=O) groups is 1. The van der Waals surface area contributed by atoms with Gasteiger partial charge in [-0.15, -0.1) is 10.2 Å². The van der Waals surface area contributed by atoms with E-state index in [9.17, 15) is 22.2 Å². The van der Waals surface area contributed by atoms with Gasteiger partial charge in [-0.2, -0.15) is 13.2 Å². The molecule has 5 rings (SSSR count). The average Bonchev–Trinajstić information content (AvgIpc) is 3.53. The number of hydrogen-bond acceptors (Lipinski definition) is 6. The van der Waals surface area contributed by atoms with Gasteiger partial charge >= 0.3 is 18.1 Å². The first-order chi connectivity index (χ1) is 17.2. The number of benzene rings is 2. The summed E-state index contributed by atoms with van der Waals surface area (Å²) in [6, 6.07) is 8.65. The van der Waals surface area contributed by atoms with Crippen molar-refractivity contribution in [3.8, 4) is 17.2 Å². The molecular formula is C23H20F4N4O4S. The minimum Gasteiger partial charge on any atom is -0.493 e. The molecule has 0 spiro atoms. The third-order valence-corrected chi connectivity index (χ3v) is 7.24. The third kappa shape index (κ3) is 4.92. The van der Waals surface area contributed by atoms with E-state index in [-0.39, 0.29) is 23.7 Å². The van der Waals surface area contributed by atoms with Crippen molar-refractivity contribution in [3.63, 3.8) is 0 Å². The maximum Gasteiger partial charge on any atom is 0.470 e. The molecule has 2 aromatic carbocycles. The lowest BCUT2D eigenvalue weighted by Crippen LogP contribution is -2.48. The quantitative estimate of drug-likeness (QED) is 0.479. The summed E-state index contributed by atoms with van der Waals surface area (Å²) in [7, 11) is -0.981. The van der Waals surface area contributed by atoms with Crippen molar-refractivity contribution in [2.45, 2.75) is 19.1 Å². The smallest absolute Gasteiger partial charge is 0.470 e. The van der Waals surface area contributed by atoms with E-state index in [4.69, 9.17) is 4.74 Å². The number of alkyl halides is 3. The molecule has 2 aliphatic heterocycles. The van der Waals surface area contributed by atoms with Gasteiger partial charge in [-0.05, 0) is 35.9 Å². The third-order valence-electron chi connectivity index (χ3n) is 5.96. The number of carbonyl (C=O) groups excluding carboxylic acids is 1. The van der Waals surface area contributed by atoms with Crippen molar-refractivity contribution in [3.05, 3.63) is 59.2 Å². The summed E-state index contributed by atoms with van der Waals surface area (Å²) >= 11 is 0. The van der Waals surface area contributed by atoms with Gasteiger partial charge in [-0.1, -0.05) is 6.07 Å². The van der Waals surface area contributed by atoms with Crippen LogP contribution in [0.1, 0.15) is 17.0 Å². The van der Waals surface area contributed by atoms with Gasteiger partial charge in [-0.3, -0.25) is 9.11 Å². The predicted molar refractivity (Wildman–Crippen MR) is 121 cm³/mol. The summed E-state index contributed by atoms with van der Waals surface area (Å²) in [5.41, 5.74) is 1.59. The lowest BCUT2D eigenvalue weighted by atomic mass is 10.1. The molecule has 0 saturated carbocycles. The van der Waals surface area contributed by atoms with E-state index in [1.807, 2.05) is 6.07 Å². The van der Waals surface area contributed by atoms with Crippen LogP contribution in [0, 0.1) is 5.82 Å². The number of amides is 2. The zero-order valence-corrected chi connectivity index (χ0v) is 19.6. The van der Waals surface area contributed by atoms with Gasteiger partial charge in [0.25, 0.3) is 0 Å². The Morgan fingerprint density at radius 3 is 2.58 bits per heavy atom. The monoisotopic (exact) mass is 524 g/mol. The number of fused-ring (bicyclic) bond motifs is 1. The Hall–Kier alpha value is -3.48. The highest BCUT2D eigenvalue weighted by molar-refractivity contribution is 7.85. The first-order valence-corrected chi connectivity index (χ1v) is 12.5. The second kappa shape index (κ2) is 9.52. The van der Waals surface area contributed by atoms with E-state index < -0.39 is 34.6 Å². The second-order valence-electron chi connectivity index (χ2n) is 8.31. The fourth-order valence-corrected chi connectivity index (χ4v) is 5.10. The van der Waals surface area contributed by atoms with E-state index in [1.165, 1.54) is 17.0 Å². The molecule has 0 atom stereocenters. The molecule has 0 radical (unpaired) electrons. The van der Waals surface area contributed by atoms with Gasteiger partial charge in [0.2, 0.25) is 5.89 Å². The summed E-state index contributed by atoms with van der Waals surface area (Å²) in [5, 5.41) is 6.31. The highest BCUT2D eigenvalue weighted by Crippen LogP contribution is 2.33. The maximum absolute atomic E-state index is 15.1. The van der Waals surface area contributed by atoms with Gasteiger partial charge in [0.1, 0.15) is 11.6 Å². The molecule has 190 valence electrons. The summed E-state index contributed by atoms with van der Waals surface area (Å²) in [6.45, 7) is 1.03. The Balaban J connectivity index is 1.43. The zero-order valence-electron chi connectivity index (χ0n) is 18.8. The summed E-state index contributed by atoms with van der Waals surface area (Å²) in [6.07, 6.45) is -4.13. The predicted octanol–water partition coefficient (Wildman–Crippen LogP) is 4.02. The van der Waals surface area contributed by atoms with Crippen molar-refractivity contribution < 1.29 is 35.7 Å². The minimum atomic E-state index is -4.81. The highest BCUT2D eigenvalue weighted by atomic mass is 32.2. The zero-order chi connectivity index (χ0) is 25.4. The van der Waals surface area contributed by atoms with E-state index in [2.05, 4.69) is 14.6 Å². The normalized spacial score (nSPS) is 16.1. The van der Waals surface area contributed by atoms with E-state index in [1.54, 1.807) is 17.0 Å². The van der Waals surface area contributed by atoms with Crippen LogP contribution in [0.4, 0.5) is 28.0 Å². The number of anilines is 1. The van der Waals surface area contributed by atoms with E-state index in [0.717, 1.165) is 17.4 Å². The molecule has 13 heteroatoms. The molecule has 36 heavy (non-hydrogen) atoms. The average molecular weight is 524 g/mol. The number of urea groups is 1. The molecule has 0 aliphatic carbocycles. The number of ether oxygens (including phenoxy) is 1. The lowest BCUT2D eigenvalue weighted by molar-refractivity contribution is -0.156. The van der Waals surface area contributed by atoms with Gasteiger partial charge < -0.3 is 14.1 Å². The molecule has 1 fully saturated rings. The van der Waals surface area contributed by atoms with E-state index >= 15 is 4.39 Å². The molecule has 1 aromatic heterocycles. The molecule has 0 bridgehead atoms. The SMILES string of the molecule is O=C(N1CCS(=O)CC1)N(Cc1ccc(-c2nnc(C(F)(F)F)o2)cc1F)c1ccc2c(c1)CCO2. The first-order valence-electron chi connectivity index (χ1n) is 11.1. The molecule has 0 unspecified atom stereocenters. The second-order valence-corrected chi connectivity index (χ2v) is 10.0. The molecule has 0 N–H and O–H groups in total. The topological polar surface area (TPSA) is 88.8 Å². The van der Waals surface area contributed by atoms with Crippen LogP contribution in [-0.2, 0) is 29.9 Å². The minimum absolute atomic E-state index is 0.0229. The number of aromatic nitrogens is 2. The molecule has 3 aromatic rings. The summed E-state index contributed by atoms with van der Waals surface area (Å²) < 4.78 is 75.3. The molecular weight excluding hydrogens is 504 g/mol. The first kappa shape index (κ1) is 24.2. The van der Waals surface area contributed by atoms with Crippen molar-refractivity contribution in [1.29, 1.82) is 0 Å². The molecule has 3 heterocycles. The fourth-order valence-electron chi connectivity index (χ4n) is 4.04. The fraction of sp³-hybridized carbons (Fsp3) is 0.348. The molecule has 2 aliphatic rings. The summed E-state index contributed by atoms with van der Waals surface area (Å²) in [4.78, 5) is 16.5. The Labute approximate surface area is 205 Å². The standard InChI is InChI=1S/C23H20F4N4O4S/c24-18-12-15(20-28-29-21(35-20)23(25,26)27)1-2-16(18)13-31(22(32)30-6-9-36(33)10-7-30)17-3-4-19-14(11-17)5-8-34-19/h1-4,11-12H,5-10,13H2. The van der Waals surface area contributed by atoms with Crippen LogP contribution < -0.4 is 9.64 Å². The molecule has 2 amide bonds. The van der Waals surface area contributed by atoms with Crippen LogP contribution in [0.2, 0.25) is 0 Å². The number of hydrogen-bond donors (Lipinski definition) is 0. The van der Waals surface area contributed by atoms with Crippen molar-refractivity contribution in [1.82, 2.24) is 15.1 Å². The van der Waals surface area contributed by atoms with E-state index in [0.29, 0.717) is 43.3 Å².